The first-order valence-electron chi connectivity index (χ1n) is 6.01. The van der Waals surface area contributed by atoms with Crippen molar-refractivity contribution in [2.24, 2.45) is 11.8 Å². The predicted octanol–water partition coefficient (Wildman–Crippen LogP) is 0.312. The zero-order valence-electron chi connectivity index (χ0n) is 9.93. The van der Waals surface area contributed by atoms with Crippen molar-refractivity contribution in [1.29, 1.82) is 0 Å². The van der Waals surface area contributed by atoms with Crippen LogP contribution in [0.4, 0.5) is 0 Å². The smallest absolute Gasteiger partial charge is 0.306 e. The van der Waals surface area contributed by atoms with E-state index in [0.29, 0.717) is 38.1 Å². The van der Waals surface area contributed by atoms with Crippen molar-refractivity contribution in [3.63, 3.8) is 0 Å². The van der Waals surface area contributed by atoms with Gasteiger partial charge in [0.25, 0.3) is 0 Å². The highest BCUT2D eigenvalue weighted by molar-refractivity contribution is 5.79. The molecule has 18 heavy (non-hydrogen) atoms. The van der Waals surface area contributed by atoms with Crippen molar-refractivity contribution in [3.05, 3.63) is 12.2 Å². The molecule has 3 N–H and O–H groups in total. The SMILES string of the molecule is O=C(O)C1CCC(C(=O)NCc2ncn[nH]2)CC1. The van der Waals surface area contributed by atoms with E-state index in [9.17, 15) is 9.59 Å². The summed E-state index contributed by atoms with van der Waals surface area (Å²) in [5.41, 5.74) is 0. The van der Waals surface area contributed by atoms with Crippen LogP contribution in [0.25, 0.3) is 0 Å². The lowest BCUT2D eigenvalue weighted by Crippen LogP contribution is -2.34. The largest absolute Gasteiger partial charge is 0.481 e. The summed E-state index contributed by atoms with van der Waals surface area (Å²) in [6, 6.07) is 0. The first-order valence-corrected chi connectivity index (χ1v) is 6.01. The topological polar surface area (TPSA) is 108 Å². The highest BCUT2D eigenvalue weighted by Gasteiger charge is 2.29. The number of carboxylic acids is 1. The molecule has 0 bridgehead atoms. The van der Waals surface area contributed by atoms with Crippen molar-refractivity contribution in [1.82, 2.24) is 20.5 Å². The Morgan fingerprint density at radius 3 is 2.56 bits per heavy atom. The van der Waals surface area contributed by atoms with E-state index < -0.39 is 5.97 Å². The summed E-state index contributed by atoms with van der Waals surface area (Å²) >= 11 is 0. The van der Waals surface area contributed by atoms with Gasteiger partial charge < -0.3 is 10.4 Å². The summed E-state index contributed by atoms with van der Waals surface area (Å²) in [6.07, 6.45) is 3.82. The van der Waals surface area contributed by atoms with Crippen LogP contribution in [0.2, 0.25) is 0 Å². The van der Waals surface area contributed by atoms with Crippen LogP contribution in [0.5, 0.6) is 0 Å². The molecule has 1 aromatic rings. The average Bonchev–Trinajstić information content (AvgIpc) is 2.89. The number of H-pyrrole nitrogens is 1. The highest BCUT2D eigenvalue weighted by Crippen LogP contribution is 2.28. The lowest BCUT2D eigenvalue weighted by atomic mass is 9.81. The standard InChI is InChI=1S/C11H16N4O3/c16-10(12-5-9-13-6-14-15-9)7-1-3-8(4-2-7)11(17)18/h6-8H,1-5H2,(H,12,16)(H,17,18)(H,13,14,15). The van der Waals surface area contributed by atoms with Gasteiger partial charge in [0.05, 0.1) is 12.5 Å². The summed E-state index contributed by atoms with van der Waals surface area (Å²) in [4.78, 5) is 26.6. The van der Waals surface area contributed by atoms with E-state index in [1.807, 2.05) is 0 Å². The molecule has 0 unspecified atom stereocenters. The van der Waals surface area contributed by atoms with Gasteiger partial charge in [0.1, 0.15) is 12.2 Å². The number of hydrogen-bond donors (Lipinski definition) is 3. The fourth-order valence-corrected chi connectivity index (χ4v) is 2.23. The molecule has 0 radical (unpaired) electrons. The molecule has 0 spiro atoms. The van der Waals surface area contributed by atoms with Crippen LogP contribution < -0.4 is 5.32 Å². The number of aromatic nitrogens is 3. The maximum Gasteiger partial charge on any atom is 0.306 e. The Morgan fingerprint density at radius 1 is 1.33 bits per heavy atom. The molecule has 2 rings (SSSR count). The Balaban J connectivity index is 1.75. The molecule has 1 aromatic heterocycles. The van der Waals surface area contributed by atoms with Crippen molar-refractivity contribution in [3.8, 4) is 0 Å². The molecule has 1 aliphatic carbocycles. The molecule has 1 fully saturated rings. The van der Waals surface area contributed by atoms with Gasteiger partial charge >= 0.3 is 5.97 Å². The molecule has 1 heterocycles. The monoisotopic (exact) mass is 252 g/mol. The second-order valence-corrected chi connectivity index (χ2v) is 4.54. The molecule has 0 aromatic carbocycles. The van der Waals surface area contributed by atoms with Crippen molar-refractivity contribution in [2.45, 2.75) is 32.2 Å². The Labute approximate surface area is 104 Å². The number of aliphatic carboxylic acids is 1. The third kappa shape index (κ3) is 3.06. The summed E-state index contributed by atoms with van der Waals surface area (Å²) < 4.78 is 0. The van der Waals surface area contributed by atoms with E-state index in [2.05, 4.69) is 20.5 Å². The highest BCUT2D eigenvalue weighted by atomic mass is 16.4. The van der Waals surface area contributed by atoms with E-state index in [4.69, 9.17) is 5.11 Å². The Bertz CT molecular complexity index is 410. The predicted molar refractivity (Wildman–Crippen MR) is 61.3 cm³/mol. The first-order chi connectivity index (χ1) is 8.66. The number of nitrogens with zero attached hydrogens (tertiary/aromatic N) is 2. The van der Waals surface area contributed by atoms with Crippen LogP contribution in [-0.4, -0.2) is 32.2 Å². The Morgan fingerprint density at radius 2 is 2.00 bits per heavy atom. The molecular formula is C11H16N4O3. The van der Waals surface area contributed by atoms with Crippen LogP contribution in [0, 0.1) is 11.8 Å². The molecule has 7 nitrogen and oxygen atoms in total. The molecule has 0 atom stereocenters. The van der Waals surface area contributed by atoms with Gasteiger partial charge in [-0.05, 0) is 25.7 Å². The summed E-state index contributed by atoms with van der Waals surface area (Å²) in [7, 11) is 0. The zero-order valence-corrected chi connectivity index (χ0v) is 9.93. The summed E-state index contributed by atoms with van der Waals surface area (Å²) in [5.74, 6) is -0.542. The van der Waals surface area contributed by atoms with Gasteiger partial charge in [-0.1, -0.05) is 0 Å². The maximum atomic E-state index is 11.8. The van der Waals surface area contributed by atoms with Gasteiger partial charge in [-0.25, -0.2) is 4.98 Å². The lowest BCUT2D eigenvalue weighted by molar-refractivity contribution is -0.144. The normalized spacial score (nSPS) is 23.6. The second-order valence-electron chi connectivity index (χ2n) is 4.54. The van der Waals surface area contributed by atoms with Gasteiger partial charge in [-0.2, -0.15) is 5.10 Å². The van der Waals surface area contributed by atoms with E-state index in [1.165, 1.54) is 6.33 Å². The number of carbonyl (C=O) groups excluding carboxylic acids is 1. The van der Waals surface area contributed by atoms with E-state index >= 15 is 0 Å². The fourth-order valence-electron chi connectivity index (χ4n) is 2.23. The van der Waals surface area contributed by atoms with Crippen LogP contribution in [0.15, 0.2) is 6.33 Å². The van der Waals surface area contributed by atoms with Crippen molar-refractivity contribution in [2.75, 3.05) is 0 Å². The summed E-state index contributed by atoms with van der Waals surface area (Å²) in [6.45, 7) is 0.331. The molecule has 1 aliphatic rings. The minimum atomic E-state index is -0.754. The first kappa shape index (κ1) is 12.5. The maximum absolute atomic E-state index is 11.8. The van der Waals surface area contributed by atoms with Gasteiger partial charge in [0.2, 0.25) is 5.91 Å². The van der Waals surface area contributed by atoms with Gasteiger partial charge in [0, 0.05) is 5.92 Å². The average molecular weight is 252 g/mol. The zero-order chi connectivity index (χ0) is 13.0. The number of hydrogen-bond acceptors (Lipinski definition) is 4. The van der Waals surface area contributed by atoms with Gasteiger partial charge in [-0.15, -0.1) is 0 Å². The minimum Gasteiger partial charge on any atom is -0.481 e. The number of aromatic amines is 1. The Kier molecular flexibility index (Phi) is 3.91. The van der Waals surface area contributed by atoms with E-state index in [1.54, 1.807) is 0 Å². The van der Waals surface area contributed by atoms with Crippen LogP contribution >= 0.6 is 0 Å². The van der Waals surface area contributed by atoms with Crippen LogP contribution in [-0.2, 0) is 16.1 Å². The number of carbonyl (C=O) groups is 2. The van der Waals surface area contributed by atoms with Gasteiger partial charge in [0.15, 0.2) is 0 Å². The van der Waals surface area contributed by atoms with Crippen molar-refractivity contribution >= 4 is 11.9 Å². The third-order valence-corrected chi connectivity index (χ3v) is 3.34. The molecule has 1 saturated carbocycles. The molecule has 98 valence electrons. The van der Waals surface area contributed by atoms with Crippen molar-refractivity contribution < 1.29 is 14.7 Å². The number of carboxylic acid groups (broad SMARTS) is 1. The lowest BCUT2D eigenvalue weighted by Gasteiger charge is -2.25. The van der Waals surface area contributed by atoms with Crippen LogP contribution in [0.3, 0.4) is 0 Å². The molecule has 7 heteroatoms. The molecule has 0 saturated heterocycles. The Hall–Kier alpha value is -1.92. The van der Waals surface area contributed by atoms with Gasteiger partial charge in [-0.3, -0.25) is 14.7 Å². The quantitative estimate of drug-likeness (QED) is 0.714. The fraction of sp³-hybridized carbons (Fsp3) is 0.636. The molecule has 1 amide bonds. The second kappa shape index (κ2) is 5.61. The molecule has 0 aliphatic heterocycles. The molecular weight excluding hydrogens is 236 g/mol. The number of amides is 1. The van der Waals surface area contributed by atoms with Crippen LogP contribution in [0.1, 0.15) is 31.5 Å². The third-order valence-electron chi connectivity index (χ3n) is 3.34. The number of nitrogens with one attached hydrogen (secondary N) is 2. The van der Waals surface area contributed by atoms with E-state index in [0.717, 1.165) is 0 Å². The van der Waals surface area contributed by atoms with E-state index in [-0.39, 0.29) is 17.7 Å². The summed E-state index contributed by atoms with van der Waals surface area (Å²) in [5, 5.41) is 18.0. The minimum absolute atomic E-state index is 0.0322. The number of rotatable bonds is 4.